The number of hydrogen-bond donors (Lipinski definition) is 0. The van der Waals surface area contributed by atoms with Crippen LogP contribution in [0.5, 0.6) is 0 Å². The van der Waals surface area contributed by atoms with Crippen LogP contribution in [-0.2, 0) is 4.79 Å². The first-order valence-corrected chi connectivity index (χ1v) is 3.29. The number of carbonyl (C=O) groups is 1. The molecule has 10 heavy (non-hydrogen) atoms. The highest BCUT2D eigenvalue weighted by Crippen LogP contribution is 2.03. The van der Waals surface area contributed by atoms with Gasteiger partial charge in [-0.15, -0.1) is 0 Å². The summed E-state index contributed by atoms with van der Waals surface area (Å²) in [6, 6.07) is -0.537. The Bertz CT molecular complexity index is 124. The highest BCUT2D eigenvalue weighted by atomic mass is 16.6. The molecule has 4 heteroatoms. The minimum atomic E-state index is -0.537. The third-order valence-corrected chi connectivity index (χ3v) is 1.39. The molecule has 0 N–H and O–H groups in total. The molecule has 0 aromatic heterocycles. The molecule has 0 aromatic carbocycles. The molecule has 0 saturated carbocycles. The van der Waals surface area contributed by atoms with Crippen molar-refractivity contribution in [3.8, 4) is 0 Å². The second-order valence-electron chi connectivity index (χ2n) is 2.09. The van der Waals surface area contributed by atoms with Crippen molar-refractivity contribution in [1.82, 2.24) is 0 Å². The molecule has 0 fully saturated rings. The summed E-state index contributed by atoms with van der Waals surface area (Å²) < 4.78 is 0. The Balaban J connectivity index is 3.60. The normalized spacial score (nSPS) is 12.5. The maximum absolute atomic E-state index is 10.1. The lowest BCUT2D eigenvalue weighted by Crippen LogP contribution is -2.17. The third-order valence-electron chi connectivity index (χ3n) is 1.39. The Morgan fingerprint density at radius 1 is 1.70 bits per heavy atom. The van der Waals surface area contributed by atoms with Gasteiger partial charge < -0.3 is 4.79 Å². The molecule has 0 heterocycles. The van der Waals surface area contributed by atoms with E-state index in [-0.39, 0.29) is 4.92 Å². The van der Waals surface area contributed by atoms with Crippen molar-refractivity contribution in [1.29, 1.82) is 0 Å². The second-order valence-corrected chi connectivity index (χ2v) is 2.09. The predicted molar refractivity (Wildman–Crippen MR) is 36.4 cm³/mol. The number of hydrogen-bond acceptors (Lipinski definition) is 3. The van der Waals surface area contributed by atoms with Crippen molar-refractivity contribution < 1.29 is 9.72 Å². The van der Waals surface area contributed by atoms with E-state index in [0.29, 0.717) is 25.5 Å². The van der Waals surface area contributed by atoms with Crippen molar-refractivity contribution in [3.05, 3.63) is 10.1 Å². The number of aldehydes is 1. The average Bonchev–Trinajstić information content (AvgIpc) is 1.89. The van der Waals surface area contributed by atoms with Gasteiger partial charge in [0.05, 0.1) is 0 Å². The quantitative estimate of drug-likeness (QED) is 0.329. The van der Waals surface area contributed by atoms with Crippen molar-refractivity contribution in [2.24, 2.45) is 0 Å². The molecule has 0 radical (unpaired) electrons. The molecule has 0 saturated heterocycles. The fourth-order valence-corrected chi connectivity index (χ4v) is 0.719. The summed E-state index contributed by atoms with van der Waals surface area (Å²) in [7, 11) is 0. The first kappa shape index (κ1) is 9.07. The Labute approximate surface area is 59.4 Å². The van der Waals surface area contributed by atoms with E-state index in [1.54, 1.807) is 6.92 Å². The first-order chi connectivity index (χ1) is 4.72. The topological polar surface area (TPSA) is 60.2 Å². The van der Waals surface area contributed by atoms with Crippen LogP contribution < -0.4 is 0 Å². The maximum Gasteiger partial charge on any atom is 0.213 e. The van der Waals surface area contributed by atoms with Gasteiger partial charge in [0.25, 0.3) is 0 Å². The molecule has 0 bridgehead atoms. The van der Waals surface area contributed by atoms with Gasteiger partial charge in [-0.2, -0.15) is 0 Å². The largest absolute Gasteiger partial charge is 0.303 e. The molecule has 0 spiro atoms. The van der Waals surface area contributed by atoms with E-state index in [1.807, 2.05) is 0 Å². The number of nitro groups is 1. The molecule has 0 rings (SSSR count). The maximum atomic E-state index is 10.1. The Kier molecular flexibility index (Phi) is 4.45. The van der Waals surface area contributed by atoms with Crippen LogP contribution in [0.3, 0.4) is 0 Å². The molecule has 0 aliphatic carbocycles. The summed E-state index contributed by atoms with van der Waals surface area (Å²) in [6.07, 6.45) is 1.87. The van der Waals surface area contributed by atoms with Gasteiger partial charge >= 0.3 is 0 Å². The van der Waals surface area contributed by atoms with Crippen LogP contribution in [-0.4, -0.2) is 17.3 Å². The van der Waals surface area contributed by atoms with Crippen LogP contribution in [0.4, 0.5) is 0 Å². The van der Waals surface area contributed by atoms with Gasteiger partial charge in [0, 0.05) is 24.2 Å². The van der Waals surface area contributed by atoms with E-state index < -0.39 is 6.04 Å². The molecule has 58 valence electrons. The van der Waals surface area contributed by atoms with Crippen molar-refractivity contribution in [2.45, 2.75) is 32.2 Å². The van der Waals surface area contributed by atoms with E-state index in [0.717, 1.165) is 0 Å². The lowest BCUT2D eigenvalue weighted by atomic mass is 10.1. The summed E-state index contributed by atoms with van der Waals surface area (Å²) in [5.74, 6) is 0. The van der Waals surface area contributed by atoms with E-state index in [4.69, 9.17) is 0 Å². The van der Waals surface area contributed by atoms with E-state index in [2.05, 4.69) is 0 Å². The molecule has 1 unspecified atom stereocenters. The van der Waals surface area contributed by atoms with Crippen LogP contribution in [0.2, 0.25) is 0 Å². The summed E-state index contributed by atoms with van der Waals surface area (Å²) in [5.41, 5.74) is 0. The molecule has 1 atom stereocenters. The smallest absolute Gasteiger partial charge is 0.213 e. The van der Waals surface area contributed by atoms with Gasteiger partial charge in [-0.1, -0.05) is 6.92 Å². The van der Waals surface area contributed by atoms with Crippen molar-refractivity contribution in [3.63, 3.8) is 0 Å². The average molecular weight is 145 g/mol. The van der Waals surface area contributed by atoms with Crippen LogP contribution >= 0.6 is 0 Å². The van der Waals surface area contributed by atoms with E-state index in [9.17, 15) is 14.9 Å². The highest BCUT2D eigenvalue weighted by Gasteiger charge is 2.15. The summed E-state index contributed by atoms with van der Waals surface area (Å²) in [6.45, 7) is 1.75. The predicted octanol–water partition coefficient (Wildman–Crippen LogP) is 1.02. The Morgan fingerprint density at radius 2 is 2.30 bits per heavy atom. The fraction of sp³-hybridized carbons (Fsp3) is 0.833. The third kappa shape index (κ3) is 3.17. The highest BCUT2D eigenvalue weighted by molar-refractivity contribution is 5.49. The SMILES string of the molecule is CCC(CCC=O)[N+](=O)[O-]. The number of carbonyl (C=O) groups excluding carboxylic acids is 1. The Morgan fingerprint density at radius 3 is 2.60 bits per heavy atom. The van der Waals surface area contributed by atoms with E-state index >= 15 is 0 Å². The summed E-state index contributed by atoms with van der Waals surface area (Å²) >= 11 is 0. The Hall–Kier alpha value is -0.930. The van der Waals surface area contributed by atoms with Gasteiger partial charge in [-0.25, -0.2) is 0 Å². The van der Waals surface area contributed by atoms with E-state index in [1.165, 1.54) is 0 Å². The zero-order valence-corrected chi connectivity index (χ0v) is 5.95. The monoisotopic (exact) mass is 145 g/mol. The number of rotatable bonds is 5. The minimum absolute atomic E-state index is 0.291. The van der Waals surface area contributed by atoms with Crippen LogP contribution in [0.15, 0.2) is 0 Å². The molecular formula is C6H11NO3. The van der Waals surface area contributed by atoms with Gasteiger partial charge in [0.2, 0.25) is 6.04 Å². The van der Waals surface area contributed by atoms with Crippen LogP contribution in [0, 0.1) is 10.1 Å². The van der Waals surface area contributed by atoms with Gasteiger partial charge in [0.15, 0.2) is 0 Å². The van der Waals surface area contributed by atoms with Crippen LogP contribution in [0.1, 0.15) is 26.2 Å². The summed E-state index contributed by atoms with van der Waals surface area (Å²) in [4.78, 5) is 19.6. The summed E-state index contributed by atoms with van der Waals surface area (Å²) in [5, 5.41) is 10.1. The van der Waals surface area contributed by atoms with Gasteiger partial charge in [-0.05, 0) is 0 Å². The number of nitrogens with zero attached hydrogens (tertiary/aromatic N) is 1. The zero-order valence-electron chi connectivity index (χ0n) is 5.95. The fourth-order valence-electron chi connectivity index (χ4n) is 0.719. The van der Waals surface area contributed by atoms with Gasteiger partial charge in [-0.3, -0.25) is 10.1 Å². The molecule has 0 aliphatic rings. The lowest BCUT2D eigenvalue weighted by molar-refractivity contribution is -0.523. The zero-order chi connectivity index (χ0) is 7.98. The van der Waals surface area contributed by atoms with Gasteiger partial charge in [0.1, 0.15) is 6.29 Å². The molecule has 0 aromatic rings. The van der Waals surface area contributed by atoms with Crippen molar-refractivity contribution in [2.75, 3.05) is 0 Å². The minimum Gasteiger partial charge on any atom is -0.303 e. The van der Waals surface area contributed by atoms with Crippen LogP contribution in [0.25, 0.3) is 0 Å². The molecule has 4 nitrogen and oxygen atoms in total. The lowest BCUT2D eigenvalue weighted by Gasteiger charge is -2.02. The first-order valence-electron chi connectivity index (χ1n) is 3.29. The molecule has 0 amide bonds. The standard InChI is InChI=1S/C6H11NO3/c1-2-6(7(9)10)4-3-5-8/h5-6H,2-4H2,1H3. The second kappa shape index (κ2) is 4.90. The van der Waals surface area contributed by atoms with Crippen molar-refractivity contribution >= 4 is 6.29 Å². The molecule has 0 aliphatic heterocycles. The molecular weight excluding hydrogens is 134 g/mol.